The standard InChI is InChI=1S/C21H18ClNO4S2/c22-14-6-4-12(5-7-14)17-9-8-16(27-17)11-18-19(24)23(21(28)29-18)15-3-1-2-13(10-15)20(25)26/h4-9,11,13,15H,1-3,10H2,(H,25,26). The summed E-state index contributed by atoms with van der Waals surface area (Å²) in [7, 11) is 0. The van der Waals surface area contributed by atoms with Crippen LogP contribution in [0.2, 0.25) is 5.02 Å². The van der Waals surface area contributed by atoms with Crippen LogP contribution < -0.4 is 0 Å². The minimum atomic E-state index is -0.805. The molecule has 1 amide bonds. The molecule has 150 valence electrons. The van der Waals surface area contributed by atoms with Gasteiger partial charge in [-0.3, -0.25) is 14.5 Å². The highest BCUT2D eigenvalue weighted by atomic mass is 35.5. The van der Waals surface area contributed by atoms with E-state index in [2.05, 4.69) is 0 Å². The van der Waals surface area contributed by atoms with Crippen molar-refractivity contribution in [2.45, 2.75) is 31.7 Å². The lowest BCUT2D eigenvalue weighted by Crippen LogP contribution is -2.42. The Morgan fingerprint density at radius 2 is 2.00 bits per heavy atom. The lowest BCUT2D eigenvalue weighted by atomic mass is 9.85. The Balaban J connectivity index is 1.52. The third-order valence-electron chi connectivity index (χ3n) is 5.21. The van der Waals surface area contributed by atoms with Crippen LogP contribution in [-0.4, -0.2) is 32.2 Å². The van der Waals surface area contributed by atoms with Crippen molar-refractivity contribution in [2.75, 3.05) is 0 Å². The first-order valence-corrected chi connectivity index (χ1v) is 10.9. The number of thiocarbonyl (C=S) groups is 1. The van der Waals surface area contributed by atoms with E-state index in [0.29, 0.717) is 38.6 Å². The average Bonchev–Trinajstić information content (AvgIpc) is 3.27. The van der Waals surface area contributed by atoms with Crippen LogP contribution in [0.25, 0.3) is 17.4 Å². The molecule has 2 unspecified atom stereocenters. The summed E-state index contributed by atoms with van der Waals surface area (Å²) in [4.78, 5) is 26.4. The number of carboxylic acid groups (broad SMARTS) is 1. The van der Waals surface area contributed by atoms with Gasteiger partial charge in [0.15, 0.2) is 0 Å². The van der Waals surface area contributed by atoms with Gasteiger partial charge in [0.1, 0.15) is 15.8 Å². The molecule has 29 heavy (non-hydrogen) atoms. The SMILES string of the molecule is O=C(O)C1CCCC(N2C(=O)C(=Cc3ccc(-c4ccc(Cl)cc4)o3)SC2=S)C1. The number of furan rings is 1. The number of halogens is 1. The van der Waals surface area contributed by atoms with E-state index in [1.807, 2.05) is 18.2 Å². The van der Waals surface area contributed by atoms with Crippen molar-refractivity contribution < 1.29 is 19.1 Å². The number of nitrogens with zero attached hydrogens (tertiary/aromatic N) is 1. The molecule has 2 atom stereocenters. The predicted octanol–water partition coefficient (Wildman–Crippen LogP) is 5.44. The number of hydrogen-bond donors (Lipinski definition) is 1. The molecule has 5 nitrogen and oxygen atoms in total. The van der Waals surface area contributed by atoms with Crippen molar-refractivity contribution in [1.82, 2.24) is 4.90 Å². The summed E-state index contributed by atoms with van der Waals surface area (Å²) in [5, 5.41) is 9.97. The highest BCUT2D eigenvalue weighted by Crippen LogP contribution is 2.39. The quantitative estimate of drug-likeness (QED) is 0.496. The zero-order chi connectivity index (χ0) is 20.5. The first kappa shape index (κ1) is 20.2. The van der Waals surface area contributed by atoms with E-state index < -0.39 is 11.9 Å². The maximum absolute atomic E-state index is 13.0. The van der Waals surface area contributed by atoms with Crippen molar-refractivity contribution in [3.63, 3.8) is 0 Å². The third-order valence-corrected chi connectivity index (χ3v) is 6.80. The van der Waals surface area contributed by atoms with E-state index in [-0.39, 0.29) is 11.9 Å². The van der Waals surface area contributed by atoms with Crippen molar-refractivity contribution >= 4 is 57.9 Å². The Hall–Kier alpha value is -2.09. The number of rotatable bonds is 4. The minimum Gasteiger partial charge on any atom is -0.481 e. The van der Waals surface area contributed by atoms with E-state index in [0.717, 1.165) is 18.4 Å². The summed E-state index contributed by atoms with van der Waals surface area (Å²) in [6.45, 7) is 0. The zero-order valence-electron chi connectivity index (χ0n) is 15.3. The molecule has 0 spiro atoms. The molecular formula is C21H18ClNO4S2. The number of thioether (sulfide) groups is 1. The van der Waals surface area contributed by atoms with Crippen molar-refractivity contribution in [3.8, 4) is 11.3 Å². The normalized spacial score (nSPS) is 23.8. The van der Waals surface area contributed by atoms with Gasteiger partial charge in [0.25, 0.3) is 5.91 Å². The smallest absolute Gasteiger partial charge is 0.306 e. The number of hydrogen-bond acceptors (Lipinski definition) is 5. The van der Waals surface area contributed by atoms with E-state index in [4.69, 9.17) is 28.2 Å². The second-order valence-corrected chi connectivity index (χ2v) is 9.23. The molecule has 0 bridgehead atoms. The highest BCUT2D eigenvalue weighted by molar-refractivity contribution is 8.26. The molecule has 2 aromatic rings. The van der Waals surface area contributed by atoms with Crippen LogP contribution in [0, 0.1) is 5.92 Å². The Kier molecular flexibility index (Phi) is 5.81. The van der Waals surface area contributed by atoms with Gasteiger partial charge >= 0.3 is 5.97 Å². The molecule has 1 aliphatic carbocycles. The van der Waals surface area contributed by atoms with Crippen LogP contribution in [0.4, 0.5) is 0 Å². The molecule has 0 radical (unpaired) electrons. The minimum absolute atomic E-state index is 0.163. The van der Waals surface area contributed by atoms with E-state index in [1.54, 1.807) is 29.2 Å². The number of carboxylic acids is 1. The first-order valence-electron chi connectivity index (χ1n) is 9.28. The summed E-state index contributed by atoms with van der Waals surface area (Å²) in [5.74, 6) is -0.168. The van der Waals surface area contributed by atoms with Crippen molar-refractivity contribution in [2.24, 2.45) is 5.92 Å². The third kappa shape index (κ3) is 4.27. The summed E-state index contributed by atoms with van der Waals surface area (Å²) in [6, 6.07) is 10.8. The van der Waals surface area contributed by atoms with Crippen LogP contribution in [0.3, 0.4) is 0 Å². The number of carbonyl (C=O) groups excluding carboxylic acids is 1. The van der Waals surface area contributed by atoms with Gasteiger partial charge in [-0.05, 0) is 55.7 Å². The number of benzene rings is 1. The van der Waals surface area contributed by atoms with Crippen molar-refractivity contribution in [1.29, 1.82) is 0 Å². The monoisotopic (exact) mass is 447 g/mol. The molecule has 1 aromatic heterocycles. The van der Waals surface area contributed by atoms with E-state index in [9.17, 15) is 14.7 Å². The molecule has 2 aliphatic rings. The van der Waals surface area contributed by atoms with Crippen LogP contribution in [0.1, 0.15) is 31.4 Å². The predicted molar refractivity (Wildman–Crippen MR) is 118 cm³/mol. The second kappa shape index (κ2) is 8.34. The summed E-state index contributed by atoms with van der Waals surface area (Å²) in [6.07, 6.45) is 4.33. The summed E-state index contributed by atoms with van der Waals surface area (Å²) < 4.78 is 6.33. The Labute approximate surface area is 182 Å². The fourth-order valence-corrected chi connectivity index (χ4v) is 5.25. The molecule has 1 saturated heterocycles. The van der Waals surface area contributed by atoms with Crippen molar-refractivity contribution in [3.05, 3.63) is 52.1 Å². The fraction of sp³-hybridized carbons (Fsp3) is 0.286. The molecular weight excluding hydrogens is 430 g/mol. The molecule has 2 heterocycles. The average molecular weight is 448 g/mol. The molecule has 2 fully saturated rings. The maximum Gasteiger partial charge on any atom is 0.306 e. The van der Waals surface area contributed by atoms with Crippen LogP contribution in [-0.2, 0) is 9.59 Å². The molecule has 4 rings (SSSR count). The Morgan fingerprint density at radius 1 is 1.24 bits per heavy atom. The second-order valence-electron chi connectivity index (χ2n) is 7.12. The number of amides is 1. The molecule has 8 heteroatoms. The topological polar surface area (TPSA) is 70.8 Å². The Bertz CT molecular complexity index is 998. The summed E-state index contributed by atoms with van der Waals surface area (Å²) >= 11 is 12.6. The van der Waals surface area contributed by atoms with Gasteiger partial charge in [-0.15, -0.1) is 0 Å². The fourth-order valence-electron chi connectivity index (χ4n) is 3.75. The summed E-state index contributed by atoms with van der Waals surface area (Å²) in [5.41, 5.74) is 0.892. The number of carbonyl (C=O) groups is 2. The van der Waals surface area contributed by atoms with Gasteiger partial charge in [0, 0.05) is 22.7 Å². The lowest BCUT2D eigenvalue weighted by Gasteiger charge is -2.32. The van der Waals surface area contributed by atoms with Gasteiger partial charge in [0.2, 0.25) is 0 Å². The number of aliphatic carboxylic acids is 1. The van der Waals surface area contributed by atoms with Gasteiger partial charge in [-0.1, -0.05) is 42.0 Å². The lowest BCUT2D eigenvalue weighted by molar-refractivity contribution is -0.144. The van der Waals surface area contributed by atoms with E-state index >= 15 is 0 Å². The van der Waals surface area contributed by atoms with Crippen LogP contribution in [0.5, 0.6) is 0 Å². The maximum atomic E-state index is 13.0. The molecule has 1 saturated carbocycles. The largest absolute Gasteiger partial charge is 0.481 e. The van der Waals surface area contributed by atoms with Gasteiger partial charge in [-0.25, -0.2) is 0 Å². The van der Waals surface area contributed by atoms with Gasteiger partial charge in [-0.2, -0.15) is 0 Å². The van der Waals surface area contributed by atoms with Gasteiger partial charge < -0.3 is 9.52 Å². The van der Waals surface area contributed by atoms with Gasteiger partial charge in [0.05, 0.1) is 10.8 Å². The molecule has 1 aromatic carbocycles. The van der Waals surface area contributed by atoms with E-state index in [1.165, 1.54) is 11.8 Å². The highest BCUT2D eigenvalue weighted by Gasteiger charge is 2.40. The van der Waals surface area contributed by atoms with Crippen LogP contribution >= 0.6 is 35.6 Å². The molecule has 1 aliphatic heterocycles. The Morgan fingerprint density at radius 3 is 2.72 bits per heavy atom. The first-order chi connectivity index (χ1) is 13.9. The van der Waals surface area contributed by atoms with Crippen LogP contribution in [0.15, 0.2) is 45.7 Å². The molecule has 1 N–H and O–H groups in total. The zero-order valence-corrected chi connectivity index (χ0v) is 17.7.